The van der Waals surface area contributed by atoms with Gasteiger partial charge in [0.15, 0.2) is 11.5 Å². The highest BCUT2D eigenvalue weighted by atomic mass is 16.5. The van der Waals surface area contributed by atoms with Gasteiger partial charge < -0.3 is 19.4 Å². The minimum Gasteiger partial charge on any atom is -0.490 e. The molecule has 6 heteroatoms. The summed E-state index contributed by atoms with van der Waals surface area (Å²) in [6.45, 7) is 6.98. The molecule has 2 aromatic carbocycles. The third kappa shape index (κ3) is 4.59. The summed E-state index contributed by atoms with van der Waals surface area (Å²) in [6.07, 6.45) is 2.19. The topological polar surface area (TPSA) is 61.2 Å². The molecule has 4 rings (SSSR count). The fraction of sp³-hybridized carbons (Fsp3) is 0.391. The summed E-state index contributed by atoms with van der Waals surface area (Å²) < 4.78 is 14.1. The highest BCUT2D eigenvalue weighted by Crippen LogP contribution is 2.29. The van der Waals surface area contributed by atoms with Crippen LogP contribution in [0.1, 0.15) is 49.1 Å². The lowest BCUT2D eigenvalue weighted by atomic mass is 10.2. The molecule has 0 spiro atoms. The summed E-state index contributed by atoms with van der Waals surface area (Å²) in [5.41, 5.74) is 2.28. The standard InChI is InChI=1S/C23H28N4O2/c1-3-28-21-14-19(11-12-20(21)29-16-18-8-5-4-6-9-18)15-24-17(2)23-26-25-22-10-7-13-27(22)23/h4-6,8-9,11-12,14,17,24H,3,7,10,13,15-16H2,1-2H3/t17-/m1/s1. The van der Waals surface area contributed by atoms with Gasteiger partial charge in [-0.15, -0.1) is 10.2 Å². The minimum atomic E-state index is 0.138. The van der Waals surface area contributed by atoms with E-state index in [1.54, 1.807) is 0 Å². The Bertz CT molecular complexity index is 939. The van der Waals surface area contributed by atoms with Gasteiger partial charge >= 0.3 is 0 Å². The Morgan fingerprint density at radius 3 is 2.72 bits per heavy atom. The van der Waals surface area contributed by atoms with Crippen LogP contribution in [0.3, 0.4) is 0 Å². The fourth-order valence-electron chi connectivity index (χ4n) is 3.64. The highest BCUT2D eigenvalue weighted by molar-refractivity contribution is 5.43. The van der Waals surface area contributed by atoms with Crippen molar-refractivity contribution in [2.45, 2.75) is 52.4 Å². The first-order chi connectivity index (χ1) is 14.2. The van der Waals surface area contributed by atoms with Gasteiger partial charge in [0.2, 0.25) is 0 Å². The van der Waals surface area contributed by atoms with E-state index in [0.717, 1.165) is 60.2 Å². The molecule has 0 radical (unpaired) electrons. The molecule has 0 aliphatic carbocycles. The van der Waals surface area contributed by atoms with E-state index < -0.39 is 0 Å². The van der Waals surface area contributed by atoms with Gasteiger partial charge in [-0.1, -0.05) is 36.4 Å². The average molecular weight is 393 g/mol. The summed E-state index contributed by atoms with van der Waals surface area (Å²) >= 11 is 0. The van der Waals surface area contributed by atoms with E-state index in [0.29, 0.717) is 13.2 Å². The number of ether oxygens (including phenoxy) is 2. The van der Waals surface area contributed by atoms with Crippen LogP contribution in [0.4, 0.5) is 0 Å². The van der Waals surface area contributed by atoms with E-state index in [1.165, 1.54) is 0 Å². The van der Waals surface area contributed by atoms with E-state index in [9.17, 15) is 0 Å². The first-order valence-corrected chi connectivity index (χ1v) is 10.3. The van der Waals surface area contributed by atoms with Crippen molar-refractivity contribution in [2.24, 2.45) is 0 Å². The normalized spacial score (nSPS) is 13.9. The van der Waals surface area contributed by atoms with Gasteiger partial charge in [0.1, 0.15) is 18.3 Å². The lowest BCUT2D eigenvalue weighted by Gasteiger charge is -2.16. The number of aromatic nitrogens is 3. The zero-order chi connectivity index (χ0) is 20.1. The SMILES string of the molecule is CCOc1cc(CN[C@H](C)c2nnc3n2CCC3)ccc1OCc1ccccc1. The second kappa shape index (κ2) is 9.09. The number of nitrogens with one attached hydrogen (secondary N) is 1. The molecule has 0 amide bonds. The average Bonchev–Trinajstić information content (AvgIpc) is 3.36. The van der Waals surface area contributed by atoms with Crippen LogP contribution in [0.5, 0.6) is 11.5 Å². The van der Waals surface area contributed by atoms with Gasteiger partial charge in [-0.25, -0.2) is 0 Å². The lowest BCUT2D eigenvalue weighted by molar-refractivity contribution is 0.269. The molecule has 0 bridgehead atoms. The molecule has 3 aromatic rings. The van der Waals surface area contributed by atoms with Crippen molar-refractivity contribution < 1.29 is 9.47 Å². The molecule has 29 heavy (non-hydrogen) atoms. The molecule has 152 valence electrons. The molecule has 1 aromatic heterocycles. The number of rotatable bonds is 9. The van der Waals surface area contributed by atoms with Crippen molar-refractivity contribution >= 4 is 0 Å². The van der Waals surface area contributed by atoms with Crippen LogP contribution in [-0.2, 0) is 26.1 Å². The first-order valence-electron chi connectivity index (χ1n) is 10.3. The van der Waals surface area contributed by atoms with Crippen LogP contribution in [0.2, 0.25) is 0 Å². The van der Waals surface area contributed by atoms with E-state index in [2.05, 4.69) is 51.3 Å². The number of benzene rings is 2. The van der Waals surface area contributed by atoms with Crippen LogP contribution >= 0.6 is 0 Å². The zero-order valence-corrected chi connectivity index (χ0v) is 17.1. The molecule has 1 N–H and O–H groups in total. The molecule has 2 heterocycles. The van der Waals surface area contributed by atoms with Crippen LogP contribution < -0.4 is 14.8 Å². The zero-order valence-electron chi connectivity index (χ0n) is 17.1. The lowest BCUT2D eigenvalue weighted by Crippen LogP contribution is -2.21. The maximum Gasteiger partial charge on any atom is 0.161 e. The van der Waals surface area contributed by atoms with Gasteiger partial charge in [-0.2, -0.15) is 0 Å². The minimum absolute atomic E-state index is 0.138. The van der Waals surface area contributed by atoms with Gasteiger partial charge in [-0.3, -0.25) is 0 Å². The molecule has 0 saturated heterocycles. The van der Waals surface area contributed by atoms with Gasteiger partial charge in [0, 0.05) is 19.5 Å². The van der Waals surface area contributed by atoms with Crippen molar-refractivity contribution in [1.82, 2.24) is 20.1 Å². The maximum atomic E-state index is 6.00. The number of fused-ring (bicyclic) bond motifs is 1. The Labute approximate surface area is 171 Å². The van der Waals surface area contributed by atoms with Crippen molar-refractivity contribution in [3.8, 4) is 11.5 Å². The van der Waals surface area contributed by atoms with Crippen LogP contribution in [0, 0.1) is 0 Å². The number of nitrogens with zero attached hydrogens (tertiary/aromatic N) is 3. The van der Waals surface area contributed by atoms with E-state index in [-0.39, 0.29) is 6.04 Å². The van der Waals surface area contributed by atoms with Gasteiger partial charge in [0.25, 0.3) is 0 Å². The Kier molecular flexibility index (Phi) is 6.10. The fourth-order valence-corrected chi connectivity index (χ4v) is 3.64. The Balaban J connectivity index is 1.40. The van der Waals surface area contributed by atoms with Crippen molar-refractivity contribution in [3.05, 3.63) is 71.3 Å². The monoisotopic (exact) mass is 392 g/mol. The number of aryl methyl sites for hydroxylation is 1. The van der Waals surface area contributed by atoms with Crippen LogP contribution in [-0.4, -0.2) is 21.4 Å². The second-order valence-corrected chi connectivity index (χ2v) is 7.32. The van der Waals surface area contributed by atoms with Crippen LogP contribution in [0.25, 0.3) is 0 Å². The summed E-state index contributed by atoms with van der Waals surface area (Å²) in [5, 5.41) is 12.2. The molecular formula is C23H28N4O2. The quantitative estimate of drug-likeness (QED) is 0.595. The maximum absolute atomic E-state index is 6.00. The van der Waals surface area contributed by atoms with Crippen LogP contribution in [0.15, 0.2) is 48.5 Å². The molecule has 0 unspecified atom stereocenters. The molecule has 6 nitrogen and oxygen atoms in total. The summed E-state index contributed by atoms with van der Waals surface area (Å²) in [5.74, 6) is 3.67. The molecule has 1 aliphatic rings. The van der Waals surface area contributed by atoms with E-state index in [1.807, 2.05) is 31.2 Å². The van der Waals surface area contributed by atoms with E-state index in [4.69, 9.17) is 9.47 Å². The van der Waals surface area contributed by atoms with E-state index >= 15 is 0 Å². The Morgan fingerprint density at radius 1 is 1.03 bits per heavy atom. The Morgan fingerprint density at radius 2 is 1.90 bits per heavy atom. The molecular weight excluding hydrogens is 364 g/mol. The smallest absolute Gasteiger partial charge is 0.161 e. The number of hydrogen-bond acceptors (Lipinski definition) is 5. The molecule has 1 atom stereocenters. The second-order valence-electron chi connectivity index (χ2n) is 7.32. The third-order valence-electron chi connectivity index (χ3n) is 5.18. The number of hydrogen-bond donors (Lipinski definition) is 1. The summed E-state index contributed by atoms with van der Waals surface area (Å²) in [6, 6.07) is 16.4. The summed E-state index contributed by atoms with van der Waals surface area (Å²) in [7, 11) is 0. The predicted molar refractivity (Wildman–Crippen MR) is 112 cm³/mol. The van der Waals surface area contributed by atoms with Crippen molar-refractivity contribution in [2.75, 3.05) is 6.61 Å². The van der Waals surface area contributed by atoms with Crippen molar-refractivity contribution in [3.63, 3.8) is 0 Å². The summed E-state index contributed by atoms with van der Waals surface area (Å²) in [4.78, 5) is 0. The Hall–Kier alpha value is -2.86. The highest BCUT2D eigenvalue weighted by Gasteiger charge is 2.21. The predicted octanol–water partition coefficient (Wildman–Crippen LogP) is 4.05. The molecule has 0 fully saturated rings. The van der Waals surface area contributed by atoms with Gasteiger partial charge in [0.05, 0.1) is 12.6 Å². The van der Waals surface area contributed by atoms with Crippen molar-refractivity contribution in [1.29, 1.82) is 0 Å². The largest absolute Gasteiger partial charge is 0.490 e. The molecule has 1 aliphatic heterocycles. The third-order valence-corrected chi connectivity index (χ3v) is 5.18. The van der Waals surface area contributed by atoms with Gasteiger partial charge in [-0.05, 0) is 43.5 Å². The molecule has 0 saturated carbocycles. The first kappa shape index (κ1) is 19.5.